The molecule has 0 radical (unpaired) electrons. The molecular weight excluding hydrogens is 261 g/mol. The summed E-state index contributed by atoms with van der Waals surface area (Å²) < 4.78 is 61.2. The fraction of sp³-hybridized carbons (Fsp3) is 0.400. The molecule has 0 aliphatic heterocycles. The summed E-state index contributed by atoms with van der Waals surface area (Å²) in [7, 11) is 3.49. The van der Waals surface area contributed by atoms with Crippen molar-refractivity contribution in [2.75, 3.05) is 19.0 Å². The number of thioether (sulfide) groups is 1. The second-order valence-corrected chi connectivity index (χ2v) is 4.69. The maximum absolute atomic E-state index is 12.7. The molecule has 0 heterocycles. The van der Waals surface area contributed by atoms with Crippen molar-refractivity contribution >= 4 is 17.4 Å². The third kappa shape index (κ3) is 3.49. The number of alkyl halides is 5. The van der Waals surface area contributed by atoms with Gasteiger partial charge in [0.15, 0.2) is 0 Å². The van der Waals surface area contributed by atoms with Crippen LogP contribution in [-0.2, 0) is 0 Å². The van der Waals surface area contributed by atoms with E-state index in [9.17, 15) is 22.0 Å². The van der Waals surface area contributed by atoms with Crippen LogP contribution in [0.3, 0.4) is 0 Å². The van der Waals surface area contributed by atoms with Gasteiger partial charge in [-0.3, -0.25) is 0 Å². The van der Waals surface area contributed by atoms with E-state index in [0.29, 0.717) is 0 Å². The zero-order valence-electron chi connectivity index (χ0n) is 9.05. The predicted octanol–water partition coefficient (Wildman–Crippen LogP) is 4.00. The van der Waals surface area contributed by atoms with Gasteiger partial charge in [0.1, 0.15) is 0 Å². The number of anilines is 1. The Balaban J connectivity index is 2.83. The lowest BCUT2D eigenvalue weighted by Gasteiger charge is -2.19. The molecule has 0 aliphatic carbocycles. The molecule has 7 heteroatoms. The van der Waals surface area contributed by atoms with Crippen LogP contribution >= 0.6 is 11.8 Å². The first kappa shape index (κ1) is 14.1. The summed E-state index contributed by atoms with van der Waals surface area (Å²) in [5.74, 6) is 0. The third-order valence-corrected chi connectivity index (χ3v) is 2.92. The van der Waals surface area contributed by atoms with E-state index >= 15 is 0 Å². The first-order valence-corrected chi connectivity index (χ1v) is 5.36. The third-order valence-electron chi connectivity index (χ3n) is 1.93. The minimum Gasteiger partial charge on any atom is -0.378 e. The van der Waals surface area contributed by atoms with E-state index in [1.807, 2.05) is 0 Å². The molecule has 0 amide bonds. The Morgan fingerprint density at radius 2 is 1.41 bits per heavy atom. The Morgan fingerprint density at radius 3 is 1.76 bits per heavy atom. The summed E-state index contributed by atoms with van der Waals surface area (Å²) in [5.41, 5.74) is 0.727. The fourth-order valence-electron chi connectivity index (χ4n) is 1.02. The number of rotatable bonds is 3. The van der Waals surface area contributed by atoms with Crippen molar-refractivity contribution in [2.45, 2.75) is 16.3 Å². The van der Waals surface area contributed by atoms with Gasteiger partial charge in [-0.25, -0.2) is 0 Å². The minimum atomic E-state index is -5.54. The Labute approximate surface area is 99.6 Å². The summed E-state index contributed by atoms with van der Waals surface area (Å²) in [6, 6.07) is 5.43. The van der Waals surface area contributed by atoms with Crippen LogP contribution in [0.25, 0.3) is 0 Å². The number of hydrogen-bond donors (Lipinski definition) is 0. The van der Waals surface area contributed by atoms with Crippen LogP contribution in [0.5, 0.6) is 0 Å². The van der Waals surface area contributed by atoms with Crippen LogP contribution < -0.4 is 4.90 Å². The van der Waals surface area contributed by atoms with Gasteiger partial charge in [0.2, 0.25) is 0 Å². The molecular formula is C10H10F5NS. The minimum absolute atomic E-state index is 0.127. The van der Waals surface area contributed by atoms with Crippen molar-refractivity contribution in [3.63, 3.8) is 0 Å². The summed E-state index contributed by atoms with van der Waals surface area (Å²) in [4.78, 5) is 1.59. The smallest absolute Gasteiger partial charge is 0.378 e. The normalized spacial score (nSPS) is 12.6. The molecule has 0 saturated heterocycles. The molecule has 1 aromatic carbocycles. The molecule has 0 fully saturated rings. The van der Waals surface area contributed by atoms with E-state index in [4.69, 9.17) is 0 Å². The lowest BCUT2D eigenvalue weighted by atomic mass is 10.3. The highest BCUT2D eigenvalue weighted by atomic mass is 32.2. The molecule has 1 rings (SSSR count). The number of halogens is 5. The lowest BCUT2D eigenvalue weighted by Crippen LogP contribution is -2.32. The van der Waals surface area contributed by atoms with Crippen molar-refractivity contribution in [1.29, 1.82) is 0 Å². The van der Waals surface area contributed by atoms with Crippen LogP contribution in [0.4, 0.5) is 27.6 Å². The van der Waals surface area contributed by atoms with Crippen LogP contribution in [0, 0.1) is 0 Å². The maximum atomic E-state index is 12.7. The van der Waals surface area contributed by atoms with Crippen molar-refractivity contribution in [3.8, 4) is 0 Å². The average Bonchev–Trinajstić information content (AvgIpc) is 2.16. The highest BCUT2D eigenvalue weighted by Crippen LogP contribution is 2.47. The van der Waals surface area contributed by atoms with E-state index in [2.05, 4.69) is 0 Å². The van der Waals surface area contributed by atoms with Crippen molar-refractivity contribution < 1.29 is 22.0 Å². The molecule has 17 heavy (non-hydrogen) atoms. The number of nitrogens with zero attached hydrogens (tertiary/aromatic N) is 1. The second-order valence-electron chi connectivity index (χ2n) is 3.50. The molecule has 0 saturated carbocycles. The van der Waals surface area contributed by atoms with Crippen LogP contribution in [0.1, 0.15) is 0 Å². The highest BCUT2D eigenvalue weighted by Gasteiger charge is 2.58. The molecule has 0 aromatic heterocycles. The fourth-order valence-corrected chi connectivity index (χ4v) is 1.70. The van der Waals surface area contributed by atoms with E-state index < -0.39 is 23.2 Å². The van der Waals surface area contributed by atoms with Gasteiger partial charge >= 0.3 is 11.4 Å². The molecule has 1 aromatic rings. The largest absolute Gasteiger partial charge is 0.464 e. The average molecular weight is 271 g/mol. The quantitative estimate of drug-likeness (QED) is 0.604. The highest BCUT2D eigenvalue weighted by molar-refractivity contribution is 8.00. The summed E-state index contributed by atoms with van der Waals surface area (Å²) >= 11 is -0.504. The molecule has 0 unspecified atom stereocenters. The van der Waals surface area contributed by atoms with Crippen molar-refractivity contribution in [2.24, 2.45) is 0 Å². The molecule has 96 valence electrons. The van der Waals surface area contributed by atoms with Gasteiger partial charge in [-0.15, -0.1) is 0 Å². The molecule has 0 bridgehead atoms. The monoisotopic (exact) mass is 271 g/mol. The number of hydrogen-bond acceptors (Lipinski definition) is 2. The molecule has 0 atom stereocenters. The van der Waals surface area contributed by atoms with Crippen molar-refractivity contribution in [3.05, 3.63) is 24.3 Å². The van der Waals surface area contributed by atoms with E-state index in [1.165, 1.54) is 24.3 Å². The van der Waals surface area contributed by atoms with Gasteiger partial charge in [0.25, 0.3) is 0 Å². The molecule has 0 N–H and O–H groups in total. The van der Waals surface area contributed by atoms with Crippen LogP contribution in [-0.4, -0.2) is 25.5 Å². The van der Waals surface area contributed by atoms with E-state index in [1.54, 1.807) is 19.0 Å². The van der Waals surface area contributed by atoms with Gasteiger partial charge in [-0.2, -0.15) is 22.0 Å². The molecule has 1 nitrogen and oxygen atoms in total. The Kier molecular flexibility index (Phi) is 3.91. The van der Waals surface area contributed by atoms with Gasteiger partial charge in [0, 0.05) is 24.7 Å². The summed E-state index contributed by atoms with van der Waals surface area (Å²) in [5, 5.41) is -4.77. The Bertz CT molecular complexity index is 371. The first-order valence-electron chi connectivity index (χ1n) is 4.54. The van der Waals surface area contributed by atoms with Gasteiger partial charge in [-0.05, 0) is 36.0 Å². The van der Waals surface area contributed by atoms with E-state index in [0.717, 1.165) is 5.69 Å². The van der Waals surface area contributed by atoms with E-state index in [-0.39, 0.29) is 4.90 Å². The van der Waals surface area contributed by atoms with Gasteiger partial charge in [0.05, 0.1) is 0 Å². The molecule has 0 aliphatic rings. The number of benzene rings is 1. The van der Waals surface area contributed by atoms with Gasteiger partial charge < -0.3 is 4.90 Å². The van der Waals surface area contributed by atoms with Crippen LogP contribution in [0.2, 0.25) is 0 Å². The predicted molar refractivity (Wildman–Crippen MR) is 57.6 cm³/mol. The zero-order chi connectivity index (χ0) is 13.3. The molecule has 0 spiro atoms. The van der Waals surface area contributed by atoms with Crippen molar-refractivity contribution in [1.82, 2.24) is 0 Å². The lowest BCUT2D eigenvalue weighted by molar-refractivity contribution is -0.237. The summed E-state index contributed by atoms with van der Waals surface area (Å²) in [6.45, 7) is 0. The van der Waals surface area contributed by atoms with Crippen LogP contribution in [0.15, 0.2) is 29.2 Å². The SMILES string of the molecule is CN(C)c1ccc(SC(F)(F)C(F)(F)F)cc1. The standard InChI is InChI=1S/C10H10F5NS/c1-16(2)7-3-5-8(6-4-7)17-10(14,15)9(11,12)13/h3-6H,1-2H3. The Hall–Kier alpha value is -0.980. The second kappa shape index (κ2) is 4.72. The summed E-state index contributed by atoms with van der Waals surface area (Å²) in [6.07, 6.45) is -5.54. The zero-order valence-corrected chi connectivity index (χ0v) is 9.87. The topological polar surface area (TPSA) is 3.24 Å². The maximum Gasteiger partial charge on any atom is 0.464 e. The first-order chi connectivity index (χ1) is 7.63. The van der Waals surface area contributed by atoms with Gasteiger partial charge in [-0.1, -0.05) is 0 Å². The Morgan fingerprint density at radius 1 is 0.941 bits per heavy atom.